The van der Waals surface area contributed by atoms with Crippen molar-refractivity contribution in [1.82, 2.24) is 15.3 Å². The Balaban J connectivity index is 1.82. The molecule has 1 amide bonds. The summed E-state index contributed by atoms with van der Waals surface area (Å²) in [5.41, 5.74) is 3.98. The molecule has 1 unspecified atom stereocenters. The molecule has 140 valence electrons. The number of ketones is 1. The molecule has 3 aromatic rings. The van der Waals surface area contributed by atoms with Crippen molar-refractivity contribution in [2.45, 2.75) is 39.7 Å². The highest BCUT2D eigenvalue weighted by molar-refractivity contribution is 5.93. The van der Waals surface area contributed by atoms with Gasteiger partial charge in [0.15, 0.2) is 5.78 Å². The Hall–Kier alpha value is -2.95. The van der Waals surface area contributed by atoms with E-state index >= 15 is 0 Å². The summed E-state index contributed by atoms with van der Waals surface area (Å²) >= 11 is 0. The van der Waals surface area contributed by atoms with E-state index in [1.165, 1.54) is 6.92 Å². The van der Waals surface area contributed by atoms with Crippen molar-refractivity contribution in [2.24, 2.45) is 5.92 Å². The van der Waals surface area contributed by atoms with Gasteiger partial charge in [0.1, 0.15) is 0 Å². The third kappa shape index (κ3) is 4.25. The number of fused-ring (bicyclic) bond motifs is 1. The van der Waals surface area contributed by atoms with E-state index in [0.717, 1.165) is 34.0 Å². The molecular weight excluding hydrogens is 338 g/mol. The fraction of sp³-hybridized carbons (Fsp3) is 0.318. The van der Waals surface area contributed by atoms with E-state index in [-0.39, 0.29) is 24.0 Å². The zero-order chi connectivity index (χ0) is 19.4. The third-order valence-corrected chi connectivity index (χ3v) is 5.08. The zero-order valence-corrected chi connectivity index (χ0v) is 16.0. The van der Waals surface area contributed by atoms with E-state index in [1.54, 1.807) is 6.20 Å². The van der Waals surface area contributed by atoms with Crippen molar-refractivity contribution in [3.8, 4) is 11.1 Å². The van der Waals surface area contributed by atoms with E-state index in [1.807, 2.05) is 50.5 Å². The number of Topliss-reactive ketones (excluding diaryl/α,β-unsaturated/α-hetero) is 1. The molecule has 0 aliphatic carbocycles. The molecule has 27 heavy (non-hydrogen) atoms. The summed E-state index contributed by atoms with van der Waals surface area (Å²) in [4.78, 5) is 31.8. The van der Waals surface area contributed by atoms with Crippen LogP contribution in [0.5, 0.6) is 0 Å². The normalized spacial score (nSPS) is 13.3. The third-order valence-electron chi connectivity index (χ3n) is 5.08. The van der Waals surface area contributed by atoms with E-state index in [2.05, 4.69) is 21.4 Å². The van der Waals surface area contributed by atoms with E-state index in [9.17, 15) is 9.59 Å². The van der Waals surface area contributed by atoms with Gasteiger partial charge in [-0.25, -0.2) is 0 Å². The number of carbonyl (C=O) groups is 2. The average molecular weight is 363 g/mol. The molecule has 2 heterocycles. The highest BCUT2D eigenvalue weighted by Gasteiger charge is 2.23. The molecule has 0 aliphatic heterocycles. The number of aromatic nitrogens is 2. The van der Waals surface area contributed by atoms with Gasteiger partial charge in [0.25, 0.3) is 0 Å². The fourth-order valence-corrected chi connectivity index (χ4v) is 3.32. The second kappa shape index (κ2) is 8.16. The first-order valence-corrected chi connectivity index (χ1v) is 9.29. The molecule has 3 rings (SSSR count). The standard InChI is InChI=1S/C22H25N3O2/c1-4-14(2)22(15(3)26)25-21(27)11-18-13-24-20-8-7-16(10-19(18)20)17-6-5-9-23-12-17/h5-10,12-14,22,24H,4,11H2,1-3H3,(H,25,27)/t14-,22?/m0/s1. The van der Waals surface area contributed by atoms with Crippen LogP contribution in [-0.2, 0) is 16.0 Å². The number of H-pyrrole nitrogens is 1. The van der Waals surface area contributed by atoms with Gasteiger partial charge in [-0.2, -0.15) is 0 Å². The summed E-state index contributed by atoms with van der Waals surface area (Å²) in [6, 6.07) is 9.60. The minimum absolute atomic E-state index is 0.00418. The number of rotatable bonds is 7. The van der Waals surface area contributed by atoms with Crippen LogP contribution < -0.4 is 5.32 Å². The second-order valence-corrected chi connectivity index (χ2v) is 7.03. The van der Waals surface area contributed by atoms with Crippen molar-refractivity contribution in [2.75, 3.05) is 0 Å². The number of benzene rings is 1. The van der Waals surface area contributed by atoms with Crippen molar-refractivity contribution in [1.29, 1.82) is 0 Å². The van der Waals surface area contributed by atoms with E-state index in [4.69, 9.17) is 0 Å². The quantitative estimate of drug-likeness (QED) is 0.669. The lowest BCUT2D eigenvalue weighted by atomic mass is 9.95. The molecule has 0 fully saturated rings. The molecule has 1 aromatic carbocycles. The van der Waals surface area contributed by atoms with Crippen molar-refractivity contribution < 1.29 is 9.59 Å². The number of nitrogens with one attached hydrogen (secondary N) is 2. The van der Waals surface area contributed by atoms with Crippen LogP contribution in [0.3, 0.4) is 0 Å². The molecule has 0 spiro atoms. The van der Waals surface area contributed by atoms with Crippen LogP contribution in [0.15, 0.2) is 48.9 Å². The van der Waals surface area contributed by atoms with Crippen LogP contribution in [0, 0.1) is 5.92 Å². The van der Waals surface area contributed by atoms with Crippen LogP contribution in [0.25, 0.3) is 22.0 Å². The van der Waals surface area contributed by atoms with Crippen LogP contribution in [0.2, 0.25) is 0 Å². The molecule has 0 radical (unpaired) electrons. The lowest BCUT2D eigenvalue weighted by Gasteiger charge is -2.21. The first-order valence-electron chi connectivity index (χ1n) is 9.29. The van der Waals surface area contributed by atoms with Crippen LogP contribution in [0.4, 0.5) is 0 Å². The average Bonchev–Trinajstić information content (AvgIpc) is 3.08. The predicted molar refractivity (Wildman–Crippen MR) is 107 cm³/mol. The monoisotopic (exact) mass is 363 g/mol. The van der Waals surface area contributed by atoms with Crippen molar-refractivity contribution in [3.05, 3.63) is 54.5 Å². The Morgan fingerprint density at radius 1 is 1.22 bits per heavy atom. The van der Waals surface area contributed by atoms with Gasteiger partial charge in [-0.3, -0.25) is 14.6 Å². The number of pyridine rings is 1. The maximum Gasteiger partial charge on any atom is 0.225 e. The Kier molecular flexibility index (Phi) is 5.69. The van der Waals surface area contributed by atoms with Gasteiger partial charge in [0.05, 0.1) is 12.5 Å². The number of carbonyl (C=O) groups excluding carboxylic acids is 2. The SMILES string of the molecule is CC[C@H](C)C(NC(=O)Cc1c[nH]c2ccc(-c3cccnc3)cc12)C(C)=O. The summed E-state index contributed by atoms with van der Waals surface area (Å²) in [5.74, 6) is -0.0229. The number of amides is 1. The minimum Gasteiger partial charge on any atom is -0.361 e. The van der Waals surface area contributed by atoms with Gasteiger partial charge >= 0.3 is 0 Å². The number of hydrogen-bond donors (Lipinski definition) is 2. The lowest BCUT2D eigenvalue weighted by molar-refractivity contribution is -0.127. The van der Waals surface area contributed by atoms with Crippen molar-refractivity contribution in [3.63, 3.8) is 0 Å². The Bertz CT molecular complexity index is 947. The summed E-state index contributed by atoms with van der Waals surface area (Å²) < 4.78 is 0. The summed E-state index contributed by atoms with van der Waals surface area (Å²) in [7, 11) is 0. The highest BCUT2D eigenvalue weighted by atomic mass is 16.2. The first kappa shape index (κ1) is 18.8. The van der Waals surface area contributed by atoms with Gasteiger partial charge in [-0.05, 0) is 42.2 Å². The molecule has 0 aliphatic rings. The number of aromatic amines is 1. The van der Waals surface area contributed by atoms with Gasteiger partial charge in [-0.1, -0.05) is 32.4 Å². The topological polar surface area (TPSA) is 74.8 Å². The Morgan fingerprint density at radius 3 is 2.70 bits per heavy atom. The molecule has 2 atom stereocenters. The summed E-state index contributed by atoms with van der Waals surface area (Å²) in [6.45, 7) is 5.54. The molecule has 0 saturated heterocycles. The molecule has 0 bridgehead atoms. The Morgan fingerprint density at radius 2 is 2.04 bits per heavy atom. The number of nitrogens with zero attached hydrogens (tertiary/aromatic N) is 1. The fourth-order valence-electron chi connectivity index (χ4n) is 3.32. The second-order valence-electron chi connectivity index (χ2n) is 7.03. The number of hydrogen-bond acceptors (Lipinski definition) is 3. The smallest absolute Gasteiger partial charge is 0.225 e. The maximum absolute atomic E-state index is 12.6. The van der Waals surface area contributed by atoms with Gasteiger partial charge in [0.2, 0.25) is 5.91 Å². The van der Waals surface area contributed by atoms with E-state index in [0.29, 0.717) is 0 Å². The van der Waals surface area contributed by atoms with Gasteiger partial charge in [-0.15, -0.1) is 0 Å². The first-order chi connectivity index (χ1) is 13.0. The molecule has 5 heteroatoms. The largest absolute Gasteiger partial charge is 0.361 e. The van der Waals surface area contributed by atoms with Gasteiger partial charge in [0, 0.05) is 35.1 Å². The Labute approximate surface area is 159 Å². The summed E-state index contributed by atoms with van der Waals surface area (Å²) in [5, 5.41) is 3.91. The van der Waals surface area contributed by atoms with Crippen LogP contribution >= 0.6 is 0 Å². The van der Waals surface area contributed by atoms with Crippen LogP contribution in [-0.4, -0.2) is 27.7 Å². The predicted octanol–water partition coefficient (Wildman–Crippen LogP) is 3.89. The van der Waals surface area contributed by atoms with Crippen LogP contribution in [0.1, 0.15) is 32.8 Å². The molecule has 2 N–H and O–H groups in total. The van der Waals surface area contributed by atoms with Crippen molar-refractivity contribution >= 4 is 22.6 Å². The molecule has 0 saturated carbocycles. The molecule has 5 nitrogen and oxygen atoms in total. The maximum atomic E-state index is 12.6. The lowest BCUT2D eigenvalue weighted by Crippen LogP contribution is -2.44. The summed E-state index contributed by atoms with van der Waals surface area (Å²) in [6.07, 6.45) is 6.51. The molecular formula is C22H25N3O2. The highest BCUT2D eigenvalue weighted by Crippen LogP contribution is 2.26. The minimum atomic E-state index is -0.432. The molecule has 2 aromatic heterocycles. The zero-order valence-electron chi connectivity index (χ0n) is 16.0. The van der Waals surface area contributed by atoms with E-state index < -0.39 is 6.04 Å². The van der Waals surface area contributed by atoms with Gasteiger partial charge < -0.3 is 10.3 Å².